The summed E-state index contributed by atoms with van der Waals surface area (Å²) in [7, 11) is 0. The van der Waals surface area contributed by atoms with Gasteiger partial charge in [0.1, 0.15) is 12.0 Å². The summed E-state index contributed by atoms with van der Waals surface area (Å²) in [6.45, 7) is 0. The van der Waals surface area contributed by atoms with Crippen molar-refractivity contribution in [2.24, 2.45) is 0 Å². The predicted molar refractivity (Wildman–Crippen MR) is 57.3 cm³/mol. The van der Waals surface area contributed by atoms with Crippen molar-refractivity contribution in [1.29, 1.82) is 0 Å². The minimum atomic E-state index is -0.514. The first-order chi connectivity index (χ1) is 7.65. The maximum Gasteiger partial charge on any atom is 0.271 e. The van der Waals surface area contributed by atoms with Crippen molar-refractivity contribution in [3.8, 4) is 0 Å². The minimum absolute atomic E-state index is 0.0174. The molecule has 0 fully saturated rings. The highest BCUT2D eigenvalue weighted by Crippen LogP contribution is 2.20. The summed E-state index contributed by atoms with van der Waals surface area (Å²) in [4.78, 5) is 13.3. The Morgan fingerprint density at radius 2 is 2.25 bits per heavy atom. The summed E-state index contributed by atoms with van der Waals surface area (Å²) in [5, 5.41) is 9.81. The highest BCUT2D eigenvalue weighted by molar-refractivity contribution is 6.31. The van der Waals surface area contributed by atoms with Gasteiger partial charge in [-0.15, -0.1) is 10.2 Å². The van der Waals surface area contributed by atoms with Gasteiger partial charge in [0.15, 0.2) is 0 Å². The highest BCUT2D eigenvalue weighted by Gasteiger charge is 2.02. The van der Waals surface area contributed by atoms with E-state index in [1.807, 2.05) is 0 Å². The average Bonchev–Trinajstić information content (AvgIpc) is 2.24. The molecule has 0 aliphatic carbocycles. The molecular formula is C9H6ClFN4O. The molecule has 5 nitrogen and oxygen atoms in total. The van der Waals surface area contributed by atoms with Crippen molar-refractivity contribution in [3.05, 3.63) is 45.6 Å². The molecule has 0 atom stereocenters. The van der Waals surface area contributed by atoms with Gasteiger partial charge in [-0.3, -0.25) is 9.78 Å². The first-order valence-corrected chi connectivity index (χ1v) is 4.67. The molecular weight excluding hydrogens is 235 g/mol. The fraction of sp³-hybridized carbons (Fsp3) is 0. The van der Waals surface area contributed by atoms with E-state index in [9.17, 15) is 9.18 Å². The van der Waals surface area contributed by atoms with E-state index >= 15 is 0 Å². The van der Waals surface area contributed by atoms with Crippen molar-refractivity contribution in [2.75, 3.05) is 5.32 Å². The van der Waals surface area contributed by atoms with Crippen LogP contribution in [0.2, 0.25) is 5.02 Å². The van der Waals surface area contributed by atoms with Crippen LogP contribution in [0.4, 0.5) is 16.0 Å². The number of nitrogens with zero attached hydrogens (tertiary/aromatic N) is 2. The van der Waals surface area contributed by atoms with Crippen LogP contribution in [0, 0.1) is 5.82 Å². The first-order valence-electron chi connectivity index (χ1n) is 4.29. The maximum atomic E-state index is 12.9. The fourth-order valence-electron chi connectivity index (χ4n) is 1.08. The van der Waals surface area contributed by atoms with Crippen molar-refractivity contribution in [3.63, 3.8) is 0 Å². The van der Waals surface area contributed by atoms with Crippen LogP contribution < -0.4 is 10.9 Å². The van der Waals surface area contributed by atoms with Gasteiger partial charge >= 0.3 is 0 Å². The molecule has 16 heavy (non-hydrogen) atoms. The number of benzene rings is 1. The van der Waals surface area contributed by atoms with Crippen LogP contribution in [-0.2, 0) is 0 Å². The molecule has 0 aliphatic rings. The lowest BCUT2D eigenvalue weighted by atomic mass is 10.3. The summed E-state index contributed by atoms with van der Waals surface area (Å²) in [6.07, 6.45) is 1.04. The summed E-state index contributed by atoms with van der Waals surface area (Å²) in [6, 6.07) is 4.05. The van der Waals surface area contributed by atoms with Gasteiger partial charge in [-0.05, 0) is 18.2 Å². The number of hydrogen-bond donors (Lipinski definition) is 2. The highest BCUT2D eigenvalue weighted by atomic mass is 35.5. The molecule has 2 aromatic rings. The normalized spacial score (nSPS) is 10.1. The van der Waals surface area contributed by atoms with Gasteiger partial charge in [-0.25, -0.2) is 4.39 Å². The second kappa shape index (κ2) is 4.28. The predicted octanol–water partition coefficient (Wildman–Crippen LogP) is 1.70. The maximum absolute atomic E-state index is 12.9. The summed E-state index contributed by atoms with van der Waals surface area (Å²) >= 11 is 5.59. The van der Waals surface area contributed by atoms with Crippen LogP contribution in [0.3, 0.4) is 0 Å². The van der Waals surface area contributed by atoms with Crippen LogP contribution in [-0.4, -0.2) is 15.2 Å². The van der Waals surface area contributed by atoms with Crippen molar-refractivity contribution in [1.82, 2.24) is 15.2 Å². The molecule has 1 aromatic heterocycles. The molecule has 7 heteroatoms. The van der Waals surface area contributed by atoms with Gasteiger partial charge in [0.2, 0.25) is 5.95 Å². The van der Waals surface area contributed by atoms with Gasteiger partial charge in [-0.1, -0.05) is 11.6 Å². The van der Waals surface area contributed by atoms with Gasteiger partial charge in [0.25, 0.3) is 5.56 Å². The first kappa shape index (κ1) is 10.6. The van der Waals surface area contributed by atoms with Crippen molar-refractivity contribution < 1.29 is 4.39 Å². The van der Waals surface area contributed by atoms with Crippen LogP contribution in [0.15, 0.2) is 29.2 Å². The van der Waals surface area contributed by atoms with Crippen LogP contribution in [0.1, 0.15) is 0 Å². The van der Waals surface area contributed by atoms with Crippen LogP contribution >= 0.6 is 11.6 Å². The standard InChI is InChI=1S/C9H6ClFN4O/c10-6-3-5(1-2-7(6)11)13-9-14-8(16)4-12-15-9/h1-4H,(H2,13,14,15,16). The second-order valence-corrected chi connectivity index (χ2v) is 3.34. The largest absolute Gasteiger partial charge is 0.324 e. The lowest BCUT2D eigenvalue weighted by Gasteiger charge is -2.04. The Morgan fingerprint density at radius 1 is 1.44 bits per heavy atom. The molecule has 0 saturated carbocycles. The second-order valence-electron chi connectivity index (χ2n) is 2.94. The molecule has 0 spiro atoms. The molecule has 1 heterocycles. The Hall–Kier alpha value is -1.95. The van der Waals surface area contributed by atoms with E-state index in [4.69, 9.17) is 11.6 Å². The van der Waals surface area contributed by atoms with E-state index in [0.29, 0.717) is 5.69 Å². The van der Waals surface area contributed by atoms with Crippen molar-refractivity contribution >= 4 is 23.2 Å². The third-order valence-corrected chi connectivity index (χ3v) is 2.05. The van der Waals surface area contributed by atoms with E-state index in [1.165, 1.54) is 18.2 Å². The number of rotatable bonds is 2. The third-order valence-electron chi connectivity index (χ3n) is 1.76. The SMILES string of the molecule is O=c1cnnc(Nc2ccc(F)c(Cl)c2)[nH]1. The van der Waals surface area contributed by atoms with Gasteiger partial charge in [0, 0.05) is 5.69 Å². The topological polar surface area (TPSA) is 70.7 Å². The Kier molecular flexibility index (Phi) is 2.82. The monoisotopic (exact) mass is 240 g/mol. The van der Waals surface area contributed by atoms with E-state index in [0.717, 1.165) is 6.20 Å². The smallest absolute Gasteiger partial charge is 0.271 e. The zero-order valence-corrected chi connectivity index (χ0v) is 8.62. The molecule has 82 valence electrons. The number of nitrogens with one attached hydrogen (secondary N) is 2. The third kappa shape index (κ3) is 2.34. The van der Waals surface area contributed by atoms with Crippen LogP contribution in [0.25, 0.3) is 0 Å². The summed E-state index contributed by atoms with van der Waals surface area (Å²) in [5.41, 5.74) is 0.119. The number of H-pyrrole nitrogens is 1. The lowest BCUT2D eigenvalue weighted by molar-refractivity contribution is 0.628. The summed E-state index contributed by atoms with van der Waals surface area (Å²) in [5.74, 6) is -0.352. The molecule has 2 N–H and O–H groups in total. The molecule has 0 saturated heterocycles. The Morgan fingerprint density at radius 3 is 2.94 bits per heavy atom. The number of halogens is 2. The lowest BCUT2D eigenvalue weighted by Crippen LogP contribution is -2.10. The van der Waals surface area contributed by atoms with Crippen molar-refractivity contribution in [2.45, 2.75) is 0 Å². The zero-order valence-electron chi connectivity index (χ0n) is 7.87. The van der Waals surface area contributed by atoms with Gasteiger partial charge < -0.3 is 5.32 Å². The number of hydrogen-bond acceptors (Lipinski definition) is 4. The molecule has 0 unspecified atom stereocenters. The number of aromatic amines is 1. The zero-order chi connectivity index (χ0) is 11.5. The Balaban J connectivity index is 2.27. The minimum Gasteiger partial charge on any atom is -0.324 e. The molecule has 1 aromatic carbocycles. The molecule has 2 rings (SSSR count). The van der Waals surface area contributed by atoms with E-state index in [-0.39, 0.29) is 16.5 Å². The quantitative estimate of drug-likeness (QED) is 0.838. The van der Waals surface area contributed by atoms with Gasteiger partial charge in [0.05, 0.1) is 5.02 Å². The fourth-order valence-corrected chi connectivity index (χ4v) is 1.26. The van der Waals surface area contributed by atoms with E-state index in [1.54, 1.807) is 0 Å². The Bertz CT molecular complexity index is 571. The molecule has 0 bridgehead atoms. The van der Waals surface area contributed by atoms with E-state index in [2.05, 4.69) is 20.5 Å². The number of aromatic nitrogens is 3. The van der Waals surface area contributed by atoms with Crippen LogP contribution in [0.5, 0.6) is 0 Å². The molecule has 0 aliphatic heterocycles. The molecule has 0 amide bonds. The van der Waals surface area contributed by atoms with E-state index < -0.39 is 5.82 Å². The van der Waals surface area contributed by atoms with Gasteiger partial charge in [-0.2, -0.15) is 0 Å². The number of anilines is 2. The summed E-state index contributed by atoms with van der Waals surface area (Å²) < 4.78 is 12.9. The average molecular weight is 241 g/mol. The Labute approximate surface area is 94.3 Å². The molecule has 0 radical (unpaired) electrons.